The molecule has 44 heavy (non-hydrogen) atoms. The Hall–Kier alpha value is -4.77. The van der Waals surface area contributed by atoms with Gasteiger partial charge in [0.1, 0.15) is 17.0 Å². The van der Waals surface area contributed by atoms with E-state index in [-0.39, 0.29) is 27.0 Å². The fraction of sp³-hybridized carbons (Fsp3) is 0.0625. The molecule has 4 aromatic carbocycles. The Balaban J connectivity index is 1.50. The van der Waals surface area contributed by atoms with Gasteiger partial charge >= 0.3 is 5.97 Å². The maximum Gasteiger partial charge on any atom is 0.339 e. The molecule has 0 aromatic heterocycles. The van der Waals surface area contributed by atoms with Gasteiger partial charge in [-0.15, -0.1) is 11.8 Å². The predicted molar refractivity (Wildman–Crippen MR) is 172 cm³/mol. The SMILES string of the molecule is CC(Sc1cccc(NC(=O)/C(=C\c2cccc(Cl)c2Cl)NC(=O)c2ccccc2)c1)C(=O)Nc1ccc(O)c(C(=O)O)c1. The standard InChI is InChI=1S/C32H25Cl2N3O6S/c1-18(29(39)35-22-13-14-27(38)24(17-22)32(42)43)44-23-11-6-10-21(16-23)36-31(41)26(15-20-9-5-12-25(33)28(20)34)37-30(40)19-7-3-2-4-8-19/h2-18,38H,1H3,(H,35,39)(H,36,41)(H,37,40)(H,42,43)/b26-15+. The Morgan fingerprint density at radius 2 is 1.55 bits per heavy atom. The summed E-state index contributed by atoms with van der Waals surface area (Å²) < 4.78 is 0. The van der Waals surface area contributed by atoms with E-state index in [4.69, 9.17) is 23.2 Å². The van der Waals surface area contributed by atoms with E-state index >= 15 is 0 Å². The second-order valence-corrected chi connectivity index (χ2v) is 11.5. The molecule has 12 heteroatoms. The Morgan fingerprint density at radius 3 is 2.27 bits per heavy atom. The summed E-state index contributed by atoms with van der Waals surface area (Å²) >= 11 is 13.7. The van der Waals surface area contributed by atoms with E-state index in [2.05, 4.69) is 16.0 Å². The van der Waals surface area contributed by atoms with Gasteiger partial charge in [0, 0.05) is 21.8 Å². The third-order valence-corrected chi connectivity index (χ3v) is 8.01. The Kier molecular flexibility index (Phi) is 10.7. The van der Waals surface area contributed by atoms with E-state index in [1.54, 1.807) is 79.7 Å². The highest BCUT2D eigenvalue weighted by atomic mass is 35.5. The molecular weight excluding hydrogens is 625 g/mol. The molecule has 0 fully saturated rings. The summed E-state index contributed by atoms with van der Waals surface area (Å²) in [6.45, 7) is 1.67. The summed E-state index contributed by atoms with van der Waals surface area (Å²) in [5.41, 5.74) is 0.970. The number of halogens is 2. The number of carboxylic acids is 1. The molecule has 0 aliphatic rings. The number of hydrogen-bond donors (Lipinski definition) is 5. The fourth-order valence-corrected chi connectivity index (χ4v) is 5.15. The van der Waals surface area contributed by atoms with Crippen LogP contribution in [0.5, 0.6) is 5.75 Å². The molecule has 0 spiro atoms. The number of anilines is 2. The van der Waals surface area contributed by atoms with Gasteiger partial charge in [0.05, 0.1) is 15.3 Å². The van der Waals surface area contributed by atoms with Gasteiger partial charge in [0.2, 0.25) is 5.91 Å². The molecular formula is C32H25Cl2N3O6S. The van der Waals surface area contributed by atoms with Gasteiger partial charge in [-0.3, -0.25) is 14.4 Å². The summed E-state index contributed by atoms with van der Waals surface area (Å²) in [5.74, 6) is -3.27. The van der Waals surface area contributed by atoms with Crippen molar-refractivity contribution in [2.45, 2.75) is 17.1 Å². The van der Waals surface area contributed by atoms with Crippen LogP contribution in [-0.2, 0) is 9.59 Å². The third kappa shape index (κ3) is 8.41. The van der Waals surface area contributed by atoms with Crippen LogP contribution in [0.1, 0.15) is 33.2 Å². The van der Waals surface area contributed by atoms with E-state index in [1.807, 2.05) is 0 Å². The summed E-state index contributed by atoms with van der Waals surface area (Å²) in [5, 5.41) is 26.8. The molecule has 0 saturated heterocycles. The smallest absolute Gasteiger partial charge is 0.339 e. The predicted octanol–water partition coefficient (Wildman–Crippen LogP) is 6.93. The number of benzene rings is 4. The minimum atomic E-state index is -1.33. The lowest BCUT2D eigenvalue weighted by Crippen LogP contribution is -2.30. The van der Waals surface area contributed by atoms with Crippen LogP contribution in [0.2, 0.25) is 10.0 Å². The van der Waals surface area contributed by atoms with Crippen LogP contribution in [0.25, 0.3) is 6.08 Å². The van der Waals surface area contributed by atoms with Crippen LogP contribution in [0.3, 0.4) is 0 Å². The minimum absolute atomic E-state index is 0.0801. The van der Waals surface area contributed by atoms with Crippen molar-refractivity contribution in [2.75, 3.05) is 10.6 Å². The number of hydrogen-bond acceptors (Lipinski definition) is 6. The number of rotatable bonds is 10. The first kappa shape index (κ1) is 32.2. The molecule has 0 aliphatic heterocycles. The topological polar surface area (TPSA) is 145 Å². The van der Waals surface area contributed by atoms with Crippen LogP contribution in [0.15, 0.2) is 102 Å². The molecule has 0 saturated carbocycles. The normalized spacial score (nSPS) is 11.8. The van der Waals surface area contributed by atoms with E-state index in [0.717, 1.165) is 0 Å². The number of carbonyl (C=O) groups excluding carboxylic acids is 3. The number of aromatic hydroxyl groups is 1. The number of phenols is 1. The maximum atomic E-state index is 13.4. The highest BCUT2D eigenvalue weighted by Gasteiger charge is 2.19. The van der Waals surface area contributed by atoms with Crippen molar-refractivity contribution in [2.24, 2.45) is 0 Å². The lowest BCUT2D eigenvalue weighted by molar-refractivity contribution is -0.115. The van der Waals surface area contributed by atoms with E-state index in [9.17, 15) is 29.4 Å². The number of aromatic carboxylic acids is 1. The molecule has 0 bridgehead atoms. The molecule has 224 valence electrons. The van der Waals surface area contributed by atoms with E-state index in [0.29, 0.717) is 21.7 Å². The Labute approximate surface area is 266 Å². The van der Waals surface area contributed by atoms with E-state index in [1.165, 1.54) is 36.0 Å². The fourth-order valence-electron chi connectivity index (χ4n) is 3.86. The largest absolute Gasteiger partial charge is 0.507 e. The average Bonchev–Trinajstić information content (AvgIpc) is 3.00. The van der Waals surface area contributed by atoms with Gasteiger partial charge in [-0.25, -0.2) is 4.79 Å². The van der Waals surface area contributed by atoms with Crippen molar-refractivity contribution >= 4 is 76.1 Å². The zero-order chi connectivity index (χ0) is 31.8. The number of carboxylic acid groups (broad SMARTS) is 1. The minimum Gasteiger partial charge on any atom is -0.507 e. The van der Waals surface area contributed by atoms with Crippen molar-refractivity contribution in [3.63, 3.8) is 0 Å². The van der Waals surface area contributed by atoms with Gasteiger partial charge in [0.25, 0.3) is 11.8 Å². The van der Waals surface area contributed by atoms with E-state index < -0.39 is 34.7 Å². The lowest BCUT2D eigenvalue weighted by Gasteiger charge is -2.14. The Morgan fingerprint density at radius 1 is 0.841 bits per heavy atom. The number of thioether (sulfide) groups is 1. The van der Waals surface area contributed by atoms with Crippen molar-refractivity contribution in [3.05, 3.63) is 123 Å². The van der Waals surface area contributed by atoms with Crippen LogP contribution in [0, 0.1) is 0 Å². The number of nitrogens with one attached hydrogen (secondary N) is 3. The molecule has 0 radical (unpaired) electrons. The van der Waals surface area contributed by atoms with Crippen molar-refractivity contribution in [3.8, 4) is 5.75 Å². The third-order valence-electron chi connectivity index (χ3n) is 6.08. The van der Waals surface area contributed by atoms with Gasteiger partial charge < -0.3 is 26.2 Å². The summed E-state index contributed by atoms with van der Waals surface area (Å²) in [7, 11) is 0. The number of carbonyl (C=O) groups is 4. The quantitative estimate of drug-likeness (QED) is 0.0712. The molecule has 3 amide bonds. The molecule has 1 atom stereocenters. The molecule has 1 unspecified atom stereocenters. The van der Waals surface area contributed by atoms with Crippen LogP contribution in [-0.4, -0.2) is 39.2 Å². The first-order chi connectivity index (χ1) is 21.0. The number of amides is 3. The summed E-state index contributed by atoms with van der Waals surface area (Å²) in [6, 6.07) is 23.8. The molecule has 4 rings (SSSR count). The van der Waals surface area contributed by atoms with Crippen molar-refractivity contribution in [1.29, 1.82) is 0 Å². The second kappa shape index (κ2) is 14.6. The molecule has 4 aromatic rings. The maximum absolute atomic E-state index is 13.4. The second-order valence-electron chi connectivity index (χ2n) is 9.29. The molecule has 0 aliphatic carbocycles. The molecule has 9 nitrogen and oxygen atoms in total. The average molecular weight is 651 g/mol. The van der Waals surface area contributed by atoms with Gasteiger partial charge in [-0.05, 0) is 73.2 Å². The van der Waals surface area contributed by atoms with Crippen LogP contribution < -0.4 is 16.0 Å². The van der Waals surface area contributed by atoms with Gasteiger partial charge in [-0.2, -0.15) is 0 Å². The summed E-state index contributed by atoms with van der Waals surface area (Å²) in [6.07, 6.45) is 1.43. The highest BCUT2D eigenvalue weighted by molar-refractivity contribution is 8.00. The first-order valence-electron chi connectivity index (χ1n) is 13.0. The zero-order valence-electron chi connectivity index (χ0n) is 23.0. The monoisotopic (exact) mass is 649 g/mol. The molecule has 5 N–H and O–H groups in total. The van der Waals surface area contributed by atoms with Gasteiger partial charge in [-0.1, -0.05) is 59.6 Å². The molecule has 0 heterocycles. The lowest BCUT2D eigenvalue weighted by atomic mass is 10.1. The first-order valence-corrected chi connectivity index (χ1v) is 14.6. The summed E-state index contributed by atoms with van der Waals surface area (Å²) in [4.78, 5) is 51.1. The Bertz CT molecular complexity index is 1760. The van der Waals surface area contributed by atoms with Crippen molar-refractivity contribution in [1.82, 2.24) is 5.32 Å². The highest BCUT2D eigenvalue weighted by Crippen LogP contribution is 2.29. The zero-order valence-corrected chi connectivity index (χ0v) is 25.3. The van der Waals surface area contributed by atoms with Crippen LogP contribution >= 0.6 is 35.0 Å². The van der Waals surface area contributed by atoms with Gasteiger partial charge in [0.15, 0.2) is 0 Å². The van der Waals surface area contributed by atoms with Crippen LogP contribution in [0.4, 0.5) is 11.4 Å². The van der Waals surface area contributed by atoms with Crippen molar-refractivity contribution < 1.29 is 29.4 Å².